The number of carbonyl (C=O) groups excluding carboxylic acids is 2. The van der Waals surface area contributed by atoms with E-state index in [4.69, 9.17) is 5.11 Å². The maximum absolute atomic E-state index is 11.3. The molecule has 96 valence electrons. The second-order valence-electron chi connectivity index (χ2n) is 3.61. The molecular weight excluding hydrogens is 236 g/mol. The molecule has 0 spiro atoms. The Morgan fingerprint density at radius 3 is 2.33 bits per heavy atom. The third kappa shape index (κ3) is 5.64. The first kappa shape index (κ1) is 13.7. The monoisotopic (exact) mass is 250 g/mol. The molecule has 3 N–H and O–H groups in total. The summed E-state index contributed by atoms with van der Waals surface area (Å²) in [5.74, 6) is -1.68. The SMILES string of the molecule is O=C(O)CCC(=O)NC(=O)NCc1ccccc1. The van der Waals surface area contributed by atoms with Crippen LogP contribution in [0.5, 0.6) is 0 Å². The summed E-state index contributed by atoms with van der Waals surface area (Å²) in [6.07, 6.45) is -0.508. The second kappa shape index (κ2) is 7.05. The number of hydrogen-bond donors (Lipinski definition) is 3. The van der Waals surface area contributed by atoms with E-state index < -0.39 is 17.9 Å². The zero-order chi connectivity index (χ0) is 13.4. The number of urea groups is 1. The average Bonchev–Trinajstić information content (AvgIpc) is 2.35. The average molecular weight is 250 g/mol. The molecule has 6 heteroatoms. The molecule has 0 atom stereocenters. The minimum Gasteiger partial charge on any atom is -0.481 e. The van der Waals surface area contributed by atoms with E-state index in [1.54, 1.807) is 0 Å². The van der Waals surface area contributed by atoms with Crippen LogP contribution in [-0.4, -0.2) is 23.0 Å². The number of aliphatic carboxylic acids is 1. The molecule has 0 aliphatic carbocycles. The van der Waals surface area contributed by atoms with E-state index in [1.165, 1.54) is 0 Å². The first-order valence-electron chi connectivity index (χ1n) is 5.41. The maximum atomic E-state index is 11.3. The highest BCUT2D eigenvalue weighted by molar-refractivity contribution is 5.95. The summed E-state index contributed by atoms with van der Waals surface area (Å²) in [5.41, 5.74) is 0.908. The van der Waals surface area contributed by atoms with E-state index in [-0.39, 0.29) is 12.8 Å². The topological polar surface area (TPSA) is 95.5 Å². The van der Waals surface area contributed by atoms with Crippen LogP contribution in [0.2, 0.25) is 0 Å². The maximum Gasteiger partial charge on any atom is 0.321 e. The van der Waals surface area contributed by atoms with Gasteiger partial charge in [0.15, 0.2) is 0 Å². The predicted molar refractivity (Wildman–Crippen MR) is 63.7 cm³/mol. The van der Waals surface area contributed by atoms with Crippen molar-refractivity contribution in [3.8, 4) is 0 Å². The van der Waals surface area contributed by atoms with Gasteiger partial charge in [-0.25, -0.2) is 4.79 Å². The predicted octanol–water partition coefficient (Wildman–Crippen LogP) is 0.877. The quantitative estimate of drug-likeness (QED) is 0.722. The van der Waals surface area contributed by atoms with Crippen LogP contribution >= 0.6 is 0 Å². The van der Waals surface area contributed by atoms with Crippen LogP contribution in [0.15, 0.2) is 30.3 Å². The molecule has 0 aliphatic rings. The number of amides is 3. The Hall–Kier alpha value is -2.37. The number of carboxylic acids is 1. The summed E-state index contributed by atoms with van der Waals surface area (Å²) in [4.78, 5) is 32.6. The van der Waals surface area contributed by atoms with Crippen molar-refractivity contribution in [2.75, 3.05) is 0 Å². The van der Waals surface area contributed by atoms with Gasteiger partial charge in [0, 0.05) is 13.0 Å². The van der Waals surface area contributed by atoms with Crippen molar-refractivity contribution >= 4 is 17.9 Å². The van der Waals surface area contributed by atoms with E-state index in [0.717, 1.165) is 5.56 Å². The zero-order valence-corrected chi connectivity index (χ0v) is 9.68. The van der Waals surface area contributed by atoms with Gasteiger partial charge in [0.1, 0.15) is 0 Å². The van der Waals surface area contributed by atoms with Crippen molar-refractivity contribution in [1.29, 1.82) is 0 Å². The molecule has 0 saturated heterocycles. The van der Waals surface area contributed by atoms with Gasteiger partial charge in [-0.15, -0.1) is 0 Å². The molecule has 0 aromatic heterocycles. The van der Waals surface area contributed by atoms with Gasteiger partial charge in [0.05, 0.1) is 6.42 Å². The number of benzene rings is 1. The number of imide groups is 1. The van der Waals surface area contributed by atoms with Gasteiger partial charge in [-0.2, -0.15) is 0 Å². The summed E-state index contributed by atoms with van der Waals surface area (Å²) < 4.78 is 0. The lowest BCUT2D eigenvalue weighted by atomic mass is 10.2. The third-order valence-electron chi connectivity index (χ3n) is 2.11. The summed E-state index contributed by atoms with van der Waals surface area (Å²) in [5, 5.41) is 12.9. The van der Waals surface area contributed by atoms with Gasteiger partial charge in [-0.05, 0) is 5.56 Å². The third-order valence-corrected chi connectivity index (χ3v) is 2.11. The largest absolute Gasteiger partial charge is 0.481 e. The van der Waals surface area contributed by atoms with Crippen LogP contribution in [0.3, 0.4) is 0 Å². The van der Waals surface area contributed by atoms with Crippen LogP contribution in [0.4, 0.5) is 4.79 Å². The molecule has 0 unspecified atom stereocenters. The number of rotatable bonds is 5. The van der Waals surface area contributed by atoms with Crippen molar-refractivity contribution < 1.29 is 19.5 Å². The van der Waals surface area contributed by atoms with E-state index in [0.29, 0.717) is 6.54 Å². The summed E-state index contributed by atoms with van der Waals surface area (Å²) in [7, 11) is 0. The smallest absolute Gasteiger partial charge is 0.321 e. The zero-order valence-electron chi connectivity index (χ0n) is 9.68. The second-order valence-corrected chi connectivity index (χ2v) is 3.61. The Bertz CT molecular complexity index is 431. The Kier molecular flexibility index (Phi) is 5.37. The molecule has 0 radical (unpaired) electrons. The number of hydrogen-bond acceptors (Lipinski definition) is 3. The molecule has 1 rings (SSSR count). The normalized spacial score (nSPS) is 9.56. The lowest BCUT2D eigenvalue weighted by Gasteiger charge is -2.06. The van der Waals surface area contributed by atoms with Crippen LogP contribution in [0.25, 0.3) is 0 Å². The molecule has 0 fully saturated rings. The van der Waals surface area contributed by atoms with E-state index in [9.17, 15) is 14.4 Å². The summed E-state index contributed by atoms with van der Waals surface area (Å²) >= 11 is 0. The molecule has 3 amide bonds. The fraction of sp³-hybridized carbons (Fsp3) is 0.250. The van der Waals surface area contributed by atoms with Gasteiger partial charge in [-0.1, -0.05) is 30.3 Å². The van der Waals surface area contributed by atoms with Crippen LogP contribution < -0.4 is 10.6 Å². The van der Waals surface area contributed by atoms with Crippen LogP contribution in [-0.2, 0) is 16.1 Å². The Morgan fingerprint density at radius 2 is 1.72 bits per heavy atom. The Labute approximate surface area is 104 Å². The van der Waals surface area contributed by atoms with Gasteiger partial charge >= 0.3 is 12.0 Å². The molecule has 6 nitrogen and oxygen atoms in total. The van der Waals surface area contributed by atoms with Gasteiger partial charge < -0.3 is 10.4 Å². The molecule has 0 aliphatic heterocycles. The first-order valence-corrected chi connectivity index (χ1v) is 5.41. The molecule has 1 aromatic rings. The van der Waals surface area contributed by atoms with Crippen molar-refractivity contribution in [3.05, 3.63) is 35.9 Å². The van der Waals surface area contributed by atoms with Gasteiger partial charge in [0.2, 0.25) is 5.91 Å². The Balaban J connectivity index is 2.25. The minimum absolute atomic E-state index is 0.214. The molecule has 0 saturated carbocycles. The molecule has 0 heterocycles. The fourth-order valence-electron chi connectivity index (χ4n) is 1.23. The molecule has 0 bridgehead atoms. The highest BCUT2D eigenvalue weighted by Gasteiger charge is 2.08. The van der Waals surface area contributed by atoms with Crippen LogP contribution in [0, 0.1) is 0 Å². The minimum atomic E-state index is -1.07. The highest BCUT2D eigenvalue weighted by Crippen LogP contribution is 1.96. The van der Waals surface area contributed by atoms with Crippen LogP contribution in [0.1, 0.15) is 18.4 Å². The van der Waals surface area contributed by atoms with Crippen molar-refractivity contribution in [1.82, 2.24) is 10.6 Å². The van der Waals surface area contributed by atoms with Gasteiger partial charge in [0.25, 0.3) is 0 Å². The molecular formula is C12H14N2O4. The summed E-state index contributed by atoms with van der Waals surface area (Å²) in [6, 6.07) is 8.59. The molecule has 18 heavy (non-hydrogen) atoms. The Morgan fingerprint density at radius 1 is 1.06 bits per heavy atom. The van der Waals surface area contributed by atoms with Crippen molar-refractivity contribution in [3.63, 3.8) is 0 Å². The number of carbonyl (C=O) groups is 3. The lowest BCUT2D eigenvalue weighted by Crippen LogP contribution is -2.39. The number of nitrogens with one attached hydrogen (secondary N) is 2. The van der Waals surface area contributed by atoms with E-state index in [2.05, 4.69) is 10.6 Å². The van der Waals surface area contributed by atoms with E-state index >= 15 is 0 Å². The van der Waals surface area contributed by atoms with Crippen molar-refractivity contribution in [2.24, 2.45) is 0 Å². The van der Waals surface area contributed by atoms with Gasteiger partial charge in [-0.3, -0.25) is 14.9 Å². The summed E-state index contributed by atoms with van der Waals surface area (Å²) in [6.45, 7) is 0.304. The van der Waals surface area contributed by atoms with E-state index in [1.807, 2.05) is 30.3 Å². The first-order chi connectivity index (χ1) is 8.58. The highest BCUT2D eigenvalue weighted by atomic mass is 16.4. The fourth-order valence-corrected chi connectivity index (χ4v) is 1.23. The molecule has 1 aromatic carbocycles. The lowest BCUT2D eigenvalue weighted by molar-refractivity contribution is -0.138. The standard InChI is InChI=1S/C12H14N2O4/c15-10(6-7-11(16)17)14-12(18)13-8-9-4-2-1-3-5-9/h1-5H,6-8H2,(H,16,17)(H2,13,14,15,18). The van der Waals surface area contributed by atoms with Crippen molar-refractivity contribution in [2.45, 2.75) is 19.4 Å². The number of carboxylic acid groups (broad SMARTS) is 1.